The Morgan fingerprint density at radius 1 is 1.29 bits per heavy atom. The molecule has 5 nitrogen and oxygen atoms in total. The molecule has 24 heavy (non-hydrogen) atoms. The van der Waals surface area contributed by atoms with Crippen molar-refractivity contribution in [3.8, 4) is 0 Å². The van der Waals surface area contributed by atoms with Crippen LogP contribution < -0.4 is 10.6 Å². The van der Waals surface area contributed by atoms with Crippen molar-refractivity contribution in [1.82, 2.24) is 10.6 Å². The van der Waals surface area contributed by atoms with Crippen LogP contribution in [-0.2, 0) is 9.47 Å². The summed E-state index contributed by atoms with van der Waals surface area (Å²) in [5.41, 5.74) is 1.25. The van der Waals surface area contributed by atoms with Gasteiger partial charge in [0.1, 0.15) is 0 Å². The summed E-state index contributed by atoms with van der Waals surface area (Å²) in [5, 5.41) is 6.75. The Morgan fingerprint density at radius 3 is 2.67 bits per heavy atom. The molecule has 2 N–H and O–H groups in total. The first-order valence-electron chi connectivity index (χ1n) is 8.51. The maximum atomic E-state index is 5.87. The first-order chi connectivity index (χ1) is 11.3. The van der Waals surface area contributed by atoms with Gasteiger partial charge >= 0.3 is 0 Å². The van der Waals surface area contributed by atoms with Gasteiger partial charge < -0.3 is 20.1 Å². The van der Waals surface area contributed by atoms with Gasteiger partial charge in [0.2, 0.25) is 0 Å². The van der Waals surface area contributed by atoms with Crippen molar-refractivity contribution in [2.24, 2.45) is 4.99 Å². The molecular formula is C18H30IN3O2. The summed E-state index contributed by atoms with van der Waals surface area (Å²) in [6.07, 6.45) is 3.38. The SMILES string of the molecule is CN=C(NCCCOC1CCOCC1)NC(C)c1ccccc1.I. The number of nitrogens with one attached hydrogen (secondary N) is 2. The van der Waals surface area contributed by atoms with Crippen LogP contribution in [0.2, 0.25) is 0 Å². The molecule has 1 heterocycles. The molecule has 6 heteroatoms. The van der Waals surface area contributed by atoms with Gasteiger partial charge in [-0.2, -0.15) is 0 Å². The van der Waals surface area contributed by atoms with Crippen LogP contribution in [0.5, 0.6) is 0 Å². The lowest BCUT2D eigenvalue weighted by molar-refractivity contribution is -0.0320. The van der Waals surface area contributed by atoms with Crippen LogP contribution in [0.15, 0.2) is 35.3 Å². The van der Waals surface area contributed by atoms with Gasteiger partial charge in [0.25, 0.3) is 0 Å². The van der Waals surface area contributed by atoms with E-state index in [2.05, 4.69) is 46.8 Å². The third-order valence-corrected chi connectivity index (χ3v) is 4.01. The topological polar surface area (TPSA) is 54.9 Å². The molecule has 1 fully saturated rings. The van der Waals surface area contributed by atoms with E-state index in [1.54, 1.807) is 7.05 Å². The van der Waals surface area contributed by atoms with Crippen molar-refractivity contribution < 1.29 is 9.47 Å². The molecule has 1 aliphatic rings. The molecule has 1 aromatic carbocycles. The highest BCUT2D eigenvalue weighted by atomic mass is 127. The summed E-state index contributed by atoms with van der Waals surface area (Å²) >= 11 is 0. The fraction of sp³-hybridized carbons (Fsp3) is 0.611. The molecule has 1 aromatic rings. The van der Waals surface area contributed by atoms with Gasteiger partial charge in [-0.25, -0.2) is 0 Å². The summed E-state index contributed by atoms with van der Waals surface area (Å²) in [5.74, 6) is 0.826. The van der Waals surface area contributed by atoms with Gasteiger partial charge in [-0.1, -0.05) is 30.3 Å². The van der Waals surface area contributed by atoms with E-state index in [0.29, 0.717) is 6.10 Å². The van der Waals surface area contributed by atoms with Gasteiger partial charge in [0.05, 0.1) is 12.1 Å². The Hall–Kier alpha value is -0.860. The molecular weight excluding hydrogens is 417 g/mol. The standard InChI is InChI=1S/C18H29N3O2.HI/c1-15(16-7-4-3-5-8-16)21-18(19-2)20-11-6-12-23-17-9-13-22-14-10-17;/h3-5,7-8,15,17H,6,9-14H2,1-2H3,(H2,19,20,21);1H. The highest BCUT2D eigenvalue weighted by molar-refractivity contribution is 14.0. The maximum absolute atomic E-state index is 5.87. The molecule has 2 rings (SSSR count). The van der Waals surface area contributed by atoms with E-state index in [1.807, 2.05) is 6.07 Å². The highest BCUT2D eigenvalue weighted by Gasteiger charge is 2.13. The lowest BCUT2D eigenvalue weighted by Gasteiger charge is -2.22. The molecule has 1 unspecified atom stereocenters. The second-order valence-electron chi connectivity index (χ2n) is 5.81. The molecule has 0 aliphatic carbocycles. The number of benzene rings is 1. The number of rotatable bonds is 7. The number of halogens is 1. The number of ether oxygens (including phenoxy) is 2. The molecule has 0 bridgehead atoms. The van der Waals surface area contributed by atoms with E-state index >= 15 is 0 Å². The van der Waals surface area contributed by atoms with E-state index in [9.17, 15) is 0 Å². The first kappa shape index (κ1) is 21.2. The Morgan fingerprint density at radius 2 is 2.00 bits per heavy atom. The Bertz CT molecular complexity index is 465. The summed E-state index contributed by atoms with van der Waals surface area (Å²) in [6.45, 7) is 5.43. The van der Waals surface area contributed by atoms with E-state index in [1.165, 1.54) is 5.56 Å². The number of nitrogens with zero attached hydrogens (tertiary/aromatic N) is 1. The third kappa shape index (κ3) is 7.81. The molecule has 1 aliphatic heterocycles. The van der Waals surface area contributed by atoms with E-state index in [4.69, 9.17) is 9.47 Å². The third-order valence-electron chi connectivity index (χ3n) is 4.01. The van der Waals surface area contributed by atoms with Crippen molar-refractivity contribution >= 4 is 29.9 Å². The summed E-state index contributed by atoms with van der Waals surface area (Å²) in [6, 6.07) is 10.6. The number of aliphatic imine (C=N–C) groups is 1. The van der Waals surface area contributed by atoms with Gasteiger partial charge in [-0.15, -0.1) is 24.0 Å². The zero-order valence-electron chi connectivity index (χ0n) is 14.7. The minimum absolute atomic E-state index is 0. The fourth-order valence-electron chi connectivity index (χ4n) is 2.60. The molecule has 0 radical (unpaired) electrons. The van der Waals surface area contributed by atoms with Gasteiger partial charge in [-0.3, -0.25) is 4.99 Å². The average molecular weight is 447 g/mol. The van der Waals surface area contributed by atoms with Crippen LogP contribution in [0.25, 0.3) is 0 Å². The summed E-state index contributed by atoms with van der Waals surface area (Å²) in [7, 11) is 1.80. The summed E-state index contributed by atoms with van der Waals surface area (Å²) in [4.78, 5) is 4.28. The second kappa shape index (κ2) is 12.5. The average Bonchev–Trinajstić information content (AvgIpc) is 2.62. The van der Waals surface area contributed by atoms with Crippen LogP contribution in [-0.4, -0.2) is 45.5 Å². The van der Waals surface area contributed by atoms with Crippen LogP contribution in [0.3, 0.4) is 0 Å². The van der Waals surface area contributed by atoms with Gasteiger partial charge in [0, 0.05) is 33.4 Å². The minimum Gasteiger partial charge on any atom is -0.381 e. The number of hydrogen-bond acceptors (Lipinski definition) is 3. The highest BCUT2D eigenvalue weighted by Crippen LogP contribution is 2.11. The van der Waals surface area contributed by atoms with Crippen molar-refractivity contribution in [2.75, 3.05) is 33.4 Å². The van der Waals surface area contributed by atoms with Crippen LogP contribution in [0.4, 0.5) is 0 Å². The van der Waals surface area contributed by atoms with Crippen molar-refractivity contribution in [2.45, 2.75) is 38.3 Å². The largest absolute Gasteiger partial charge is 0.381 e. The molecule has 0 saturated carbocycles. The van der Waals surface area contributed by atoms with E-state index in [0.717, 1.165) is 51.6 Å². The number of guanidine groups is 1. The van der Waals surface area contributed by atoms with Crippen molar-refractivity contribution in [3.63, 3.8) is 0 Å². The lowest BCUT2D eigenvalue weighted by Crippen LogP contribution is -2.39. The molecule has 136 valence electrons. The van der Waals surface area contributed by atoms with Crippen LogP contribution in [0.1, 0.15) is 37.8 Å². The predicted molar refractivity (Wildman–Crippen MR) is 109 cm³/mol. The zero-order valence-corrected chi connectivity index (χ0v) is 17.0. The number of hydrogen-bond donors (Lipinski definition) is 2. The Kier molecular flexibility index (Phi) is 11.0. The fourth-order valence-corrected chi connectivity index (χ4v) is 2.60. The van der Waals surface area contributed by atoms with Gasteiger partial charge in [0.15, 0.2) is 5.96 Å². The minimum atomic E-state index is 0. The van der Waals surface area contributed by atoms with Crippen molar-refractivity contribution in [1.29, 1.82) is 0 Å². The molecule has 0 aromatic heterocycles. The zero-order chi connectivity index (χ0) is 16.3. The van der Waals surface area contributed by atoms with Crippen molar-refractivity contribution in [3.05, 3.63) is 35.9 Å². The van der Waals surface area contributed by atoms with Gasteiger partial charge in [-0.05, 0) is 31.7 Å². The maximum Gasteiger partial charge on any atom is 0.191 e. The molecule has 0 amide bonds. The second-order valence-corrected chi connectivity index (χ2v) is 5.81. The van der Waals surface area contributed by atoms with Crippen LogP contribution in [0, 0.1) is 0 Å². The monoisotopic (exact) mass is 447 g/mol. The Balaban J connectivity index is 0.00000288. The predicted octanol–water partition coefficient (Wildman–Crippen LogP) is 3.12. The van der Waals surface area contributed by atoms with Crippen LogP contribution >= 0.6 is 24.0 Å². The first-order valence-corrected chi connectivity index (χ1v) is 8.51. The molecule has 1 saturated heterocycles. The normalized spacial score (nSPS) is 17.0. The quantitative estimate of drug-likeness (QED) is 0.292. The van der Waals surface area contributed by atoms with E-state index in [-0.39, 0.29) is 30.0 Å². The molecule has 1 atom stereocenters. The lowest BCUT2D eigenvalue weighted by atomic mass is 10.1. The summed E-state index contributed by atoms with van der Waals surface area (Å²) < 4.78 is 11.2. The molecule has 0 spiro atoms. The Labute approximate surface area is 162 Å². The smallest absolute Gasteiger partial charge is 0.191 e. The van der Waals surface area contributed by atoms with E-state index < -0.39 is 0 Å².